The molecule has 2 atom stereocenters. The molecule has 0 amide bonds. The second kappa shape index (κ2) is 8.75. The number of unbranched alkanes of at least 4 members (excludes halogenated alkanes) is 5. The first-order chi connectivity index (χ1) is 7.89. The third kappa shape index (κ3) is 8.44. The normalized spacial score (nSPS) is 15.9. The average molecular weight is 255 g/mol. The van der Waals surface area contributed by atoms with Crippen LogP contribution in [0, 0.1) is 0 Å². The fourth-order valence-electron chi connectivity index (χ4n) is 1.64. The number of rotatable bonds is 9. The Hall–Kier alpha value is -0.290. The molecule has 0 aliphatic carbocycles. The molecule has 0 heterocycles. The molecule has 0 saturated heterocycles. The van der Waals surface area contributed by atoms with Gasteiger partial charge in [-0.05, 0) is 13.3 Å². The Bertz CT molecular complexity index is 183. The summed E-state index contributed by atoms with van der Waals surface area (Å²) in [5.74, 6) is 0. The third-order valence-electron chi connectivity index (χ3n) is 2.60. The van der Waals surface area contributed by atoms with Gasteiger partial charge >= 0.3 is 6.18 Å². The number of hydrogen-bond donors (Lipinski definition) is 1. The van der Waals surface area contributed by atoms with Crippen LogP contribution in [0.4, 0.5) is 13.2 Å². The molecule has 0 aliphatic rings. The Kier molecular flexibility index (Phi) is 8.60. The van der Waals surface area contributed by atoms with E-state index in [9.17, 15) is 13.2 Å². The molecule has 5 heteroatoms. The molecule has 17 heavy (non-hydrogen) atoms. The van der Waals surface area contributed by atoms with E-state index in [0.29, 0.717) is 6.42 Å². The lowest BCUT2D eigenvalue weighted by Crippen LogP contribution is -2.45. The van der Waals surface area contributed by atoms with Gasteiger partial charge in [-0.3, -0.25) is 0 Å². The standard InChI is InChI=1S/C12H24F3NO/c1-3-4-5-6-7-8-9-17-11(10(2)16)12(13,14)15/h10-11H,3-9,16H2,1-2H3. The monoisotopic (exact) mass is 255 g/mol. The second-order valence-corrected chi connectivity index (χ2v) is 4.46. The number of nitrogens with two attached hydrogens (primary N) is 1. The maximum Gasteiger partial charge on any atom is 0.416 e. The SMILES string of the molecule is CCCCCCCCOC(C(C)N)C(F)(F)F. The van der Waals surface area contributed by atoms with Crippen LogP contribution in [0.25, 0.3) is 0 Å². The zero-order valence-electron chi connectivity index (χ0n) is 10.7. The molecule has 0 aliphatic heterocycles. The highest BCUT2D eigenvalue weighted by Gasteiger charge is 2.42. The zero-order valence-corrected chi connectivity index (χ0v) is 10.7. The Morgan fingerprint density at radius 2 is 1.59 bits per heavy atom. The van der Waals surface area contributed by atoms with Gasteiger partial charge in [-0.15, -0.1) is 0 Å². The Labute approximate surface area is 102 Å². The van der Waals surface area contributed by atoms with Crippen molar-refractivity contribution in [2.45, 2.75) is 70.7 Å². The van der Waals surface area contributed by atoms with E-state index in [2.05, 4.69) is 6.92 Å². The molecular weight excluding hydrogens is 231 g/mol. The molecule has 2 nitrogen and oxygen atoms in total. The van der Waals surface area contributed by atoms with E-state index < -0.39 is 18.3 Å². The summed E-state index contributed by atoms with van der Waals surface area (Å²) in [6, 6.07) is -1.02. The summed E-state index contributed by atoms with van der Waals surface area (Å²) in [6.45, 7) is 3.58. The van der Waals surface area contributed by atoms with Crippen molar-refractivity contribution in [1.29, 1.82) is 0 Å². The Balaban J connectivity index is 3.63. The number of halogens is 3. The largest absolute Gasteiger partial charge is 0.416 e. The first-order valence-corrected chi connectivity index (χ1v) is 6.33. The minimum absolute atomic E-state index is 0.137. The van der Waals surface area contributed by atoms with E-state index in [1.165, 1.54) is 13.3 Å². The molecule has 0 rings (SSSR count). The predicted molar refractivity (Wildman–Crippen MR) is 62.8 cm³/mol. The molecule has 2 N–H and O–H groups in total. The van der Waals surface area contributed by atoms with E-state index in [1.807, 2.05) is 0 Å². The third-order valence-corrected chi connectivity index (χ3v) is 2.60. The highest BCUT2D eigenvalue weighted by atomic mass is 19.4. The van der Waals surface area contributed by atoms with E-state index in [1.54, 1.807) is 0 Å². The van der Waals surface area contributed by atoms with Gasteiger partial charge in [-0.2, -0.15) is 13.2 Å². The topological polar surface area (TPSA) is 35.2 Å². The summed E-state index contributed by atoms with van der Waals surface area (Å²) in [4.78, 5) is 0. The lowest BCUT2D eigenvalue weighted by Gasteiger charge is -2.23. The van der Waals surface area contributed by atoms with Gasteiger partial charge in [0.05, 0.1) is 0 Å². The maximum absolute atomic E-state index is 12.4. The van der Waals surface area contributed by atoms with Crippen LogP contribution < -0.4 is 5.73 Å². The van der Waals surface area contributed by atoms with Gasteiger partial charge in [0.1, 0.15) is 0 Å². The first kappa shape index (κ1) is 16.7. The van der Waals surface area contributed by atoms with Crippen molar-refractivity contribution < 1.29 is 17.9 Å². The quantitative estimate of drug-likeness (QED) is 0.638. The molecule has 0 radical (unpaired) electrons. The smallest absolute Gasteiger partial charge is 0.367 e. The Morgan fingerprint density at radius 1 is 1.06 bits per heavy atom. The minimum Gasteiger partial charge on any atom is -0.367 e. The summed E-state index contributed by atoms with van der Waals surface area (Å²) >= 11 is 0. The fourth-order valence-corrected chi connectivity index (χ4v) is 1.64. The van der Waals surface area contributed by atoms with Gasteiger partial charge in [0.15, 0.2) is 6.10 Å². The van der Waals surface area contributed by atoms with Crippen molar-refractivity contribution >= 4 is 0 Å². The highest BCUT2D eigenvalue weighted by molar-refractivity contribution is 4.76. The van der Waals surface area contributed by atoms with Crippen LogP contribution in [0.5, 0.6) is 0 Å². The molecular formula is C12H24F3NO. The first-order valence-electron chi connectivity index (χ1n) is 6.33. The maximum atomic E-state index is 12.4. The lowest BCUT2D eigenvalue weighted by molar-refractivity contribution is -0.225. The molecule has 104 valence electrons. The number of alkyl halides is 3. The average Bonchev–Trinajstić information content (AvgIpc) is 2.19. The van der Waals surface area contributed by atoms with Crippen molar-refractivity contribution in [1.82, 2.24) is 0 Å². The Morgan fingerprint density at radius 3 is 2.06 bits per heavy atom. The van der Waals surface area contributed by atoms with Gasteiger partial charge < -0.3 is 10.5 Å². The van der Waals surface area contributed by atoms with Crippen molar-refractivity contribution in [2.75, 3.05) is 6.61 Å². The fraction of sp³-hybridized carbons (Fsp3) is 1.00. The molecule has 0 spiro atoms. The summed E-state index contributed by atoms with van der Waals surface area (Å²) in [7, 11) is 0. The van der Waals surface area contributed by atoms with E-state index in [-0.39, 0.29) is 6.61 Å². The highest BCUT2D eigenvalue weighted by Crippen LogP contribution is 2.25. The molecule has 0 aromatic rings. The van der Waals surface area contributed by atoms with Crippen LogP contribution in [-0.4, -0.2) is 24.9 Å². The summed E-state index contributed by atoms with van der Waals surface area (Å²) < 4.78 is 42.1. The van der Waals surface area contributed by atoms with E-state index >= 15 is 0 Å². The van der Waals surface area contributed by atoms with Gasteiger partial charge in [-0.1, -0.05) is 39.0 Å². The van der Waals surface area contributed by atoms with Crippen LogP contribution >= 0.6 is 0 Å². The minimum atomic E-state index is -4.36. The van der Waals surface area contributed by atoms with Crippen LogP contribution in [0.1, 0.15) is 52.4 Å². The van der Waals surface area contributed by atoms with Crippen LogP contribution in [0.3, 0.4) is 0 Å². The molecule has 2 unspecified atom stereocenters. The van der Waals surface area contributed by atoms with Crippen LogP contribution in [0.2, 0.25) is 0 Å². The zero-order chi connectivity index (χ0) is 13.3. The van der Waals surface area contributed by atoms with Gasteiger partial charge in [0.2, 0.25) is 0 Å². The predicted octanol–water partition coefficient (Wildman–Crippen LogP) is 3.64. The van der Waals surface area contributed by atoms with Crippen molar-refractivity contribution in [3.8, 4) is 0 Å². The molecule has 0 bridgehead atoms. The second-order valence-electron chi connectivity index (χ2n) is 4.46. The van der Waals surface area contributed by atoms with E-state index in [0.717, 1.165) is 25.7 Å². The number of hydrogen-bond acceptors (Lipinski definition) is 2. The molecule has 0 saturated carbocycles. The molecule has 0 aromatic carbocycles. The van der Waals surface area contributed by atoms with Crippen molar-refractivity contribution in [2.24, 2.45) is 5.73 Å². The molecule has 0 aromatic heterocycles. The van der Waals surface area contributed by atoms with Gasteiger partial charge in [-0.25, -0.2) is 0 Å². The molecule has 0 fully saturated rings. The van der Waals surface area contributed by atoms with Crippen LogP contribution in [-0.2, 0) is 4.74 Å². The summed E-state index contributed by atoms with van der Waals surface area (Å²) in [5.41, 5.74) is 5.26. The van der Waals surface area contributed by atoms with Crippen molar-refractivity contribution in [3.63, 3.8) is 0 Å². The van der Waals surface area contributed by atoms with Crippen LogP contribution in [0.15, 0.2) is 0 Å². The van der Waals surface area contributed by atoms with Gasteiger partial charge in [0.25, 0.3) is 0 Å². The summed E-state index contributed by atoms with van der Waals surface area (Å²) in [6.07, 6.45) is -0.0526. The van der Waals surface area contributed by atoms with E-state index in [4.69, 9.17) is 10.5 Å². The summed E-state index contributed by atoms with van der Waals surface area (Å²) in [5, 5.41) is 0. The van der Waals surface area contributed by atoms with Crippen molar-refractivity contribution in [3.05, 3.63) is 0 Å². The number of ether oxygens (including phenoxy) is 1. The van der Waals surface area contributed by atoms with Gasteiger partial charge in [0, 0.05) is 12.6 Å². The lowest BCUT2D eigenvalue weighted by atomic mass is 10.1.